The van der Waals surface area contributed by atoms with Crippen LogP contribution in [0.3, 0.4) is 0 Å². The quantitative estimate of drug-likeness (QED) is 0.582. The van der Waals surface area contributed by atoms with Gasteiger partial charge in [-0.15, -0.1) is 0 Å². The number of hydrogen-bond donors (Lipinski definition) is 1. The lowest BCUT2D eigenvalue weighted by molar-refractivity contribution is -0.781. The molecule has 6 heteroatoms. The van der Waals surface area contributed by atoms with Crippen molar-refractivity contribution < 1.29 is 23.6 Å². The van der Waals surface area contributed by atoms with Gasteiger partial charge in [0.1, 0.15) is 0 Å². The Morgan fingerprint density at radius 1 is 1.62 bits per heavy atom. The van der Waals surface area contributed by atoms with Crippen molar-refractivity contribution in [1.29, 1.82) is 0 Å². The molecule has 0 aliphatic carbocycles. The number of aromatic amines is 1. The zero-order valence-electron chi connectivity index (χ0n) is 9.36. The molecule has 0 bridgehead atoms. The van der Waals surface area contributed by atoms with Crippen LogP contribution in [0.15, 0.2) is 6.33 Å². The van der Waals surface area contributed by atoms with Gasteiger partial charge in [-0.2, -0.15) is 4.57 Å². The molecule has 1 N–H and O–H groups in total. The molecule has 2 rings (SSSR count). The molecule has 16 heavy (non-hydrogen) atoms. The molecular weight excluding hydrogens is 212 g/mol. The number of H-pyrrole nitrogens is 1. The van der Waals surface area contributed by atoms with E-state index in [0.29, 0.717) is 0 Å². The summed E-state index contributed by atoms with van der Waals surface area (Å²) in [4.78, 5) is 25.9. The van der Waals surface area contributed by atoms with Crippen molar-refractivity contribution in [3.05, 3.63) is 17.7 Å². The van der Waals surface area contributed by atoms with E-state index in [-0.39, 0.29) is 18.0 Å². The van der Waals surface area contributed by atoms with E-state index in [9.17, 15) is 9.59 Å². The van der Waals surface area contributed by atoms with Crippen molar-refractivity contribution in [2.75, 3.05) is 6.61 Å². The smallest absolute Gasteiger partial charge is 0.387 e. The number of carbonyl (C=O) groups excluding carboxylic acids is 2. The van der Waals surface area contributed by atoms with Crippen LogP contribution in [-0.4, -0.2) is 23.5 Å². The topological polar surface area (TPSA) is 72.3 Å². The third kappa shape index (κ3) is 1.37. The lowest BCUT2D eigenvalue weighted by Crippen LogP contribution is -2.49. The van der Waals surface area contributed by atoms with E-state index in [2.05, 4.69) is 4.98 Å². The van der Waals surface area contributed by atoms with Gasteiger partial charge >= 0.3 is 11.9 Å². The fraction of sp³-hybridized carbons (Fsp3) is 0.500. The monoisotopic (exact) mass is 225 g/mol. The number of cyclic esters (lactones) is 1. The lowest BCUT2D eigenvalue weighted by Gasteiger charge is -2.12. The van der Waals surface area contributed by atoms with Gasteiger partial charge in [0.15, 0.2) is 0 Å². The molecule has 0 unspecified atom stereocenters. The van der Waals surface area contributed by atoms with Gasteiger partial charge in [0, 0.05) is 13.8 Å². The average molecular weight is 225 g/mol. The zero-order chi connectivity index (χ0) is 11.9. The largest absolute Gasteiger partial charge is 0.460 e. The molecule has 0 atom stereocenters. The fourth-order valence-electron chi connectivity index (χ4n) is 1.69. The van der Waals surface area contributed by atoms with Crippen LogP contribution in [0.25, 0.3) is 0 Å². The number of carbonyl (C=O) groups is 2. The molecule has 2 heterocycles. The van der Waals surface area contributed by atoms with Gasteiger partial charge in [-0.3, -0.25) is 0 Å². The van der Waals surface area contributed by atoms with Gasteiger partial charge in [-0.05, 0) is 6.92 Å². The minimum Gasteiger partial charge on any atom is -0.460 e. The summed E-state index contributed by atoms with van der Waals surface area (Å²) in [7, 11) is 0. The summed E-state index contributed by atoms with van der Waals surface area (Å²) in [5, 5.41) is 0. The van der Waals surface area contributed by atoms with Crippen LogP contribution in [0.1, 0.15) is 41.7 Å². The SMILES string of the molecule is CCOC(=O)c1[nH]c[n+]2c1C(=O)OC2(C)C. The molecule has 0 saturated heterocycles. The van der Waals surface area contributed by atoms with Crippen molar-refractivity contribution in [3.63, 3.8) is 0 Å². The fourth-order valence-corrected chi connectivity index (χ4v) is 1.69. The molecule has 0 radical (unpaired) electrons. The number of hydrogen-bond acceptors (Lipinski definition) is 4. The van der Waals surface area contributed by atoms with Crippen molar-refractivity contribution in [2.24, 2.45) is 0 Å². The first-order chi connectivity index (χ1) is 7.47. The molecule has 86 valence electrons. The molecule has 0 spiro atoms. The summed E-state index contributed by atoms with van der Waals surface area (Å²) >= 11 is 0. The van der Waals surface area contributed by atoms with Gasteiger partial charge in [0.05, 0.1) is 6.61 Å². The van der Waals surface area contributed by atoms with E-state index in [1.807, 2.05) is 0 Å². The summed E-state index contributed by atoms with van der Waals surface area (Å²) in [5.41, 5.74) is -0.422. The second-order valence-corrected chi connectivity index (χ2v) is 3.92. The standard InChI is InChI=1S/C10H12N2O4/c1-4-15-8(13)6-7-9(14)16-10(2,3)12(7)5-11-6/h5H,4H2,1-3H3/p+1. The van der Waals surface area contributed by atoms with Crippen LogP contribution >= 0.6 is 0 Å². The predicted octanol–water partition coefficient (Wildman–Crippen LogP) is 0.342. The van der Waals surface area contributed by atoms with Gasteiger partial charge in [0.2, 0.25) is 6.33 Å². The van der Waals surface area contributed by atoms with Gasteiger partial charge in [-0.1, -0.05) is 0 Å². The first kappa shape index (κ1) is 10.7. The molecule has 0 aromatic carbocycles. The summed E-state index contributed by atoms with van der Waals surface area (Å²) in [6.07, 6.45) is 1.53. The number of rotatable bonds is 2. The van der Waals surface area contributed by atoms with Crippen molar-refractivity contribution in [2.45, 2.75) is 26.5 Å². The van der Waals surface area contributed by atoms with E-state index in [1.165, 1.54) is 6.33 Å². The van der Waals surface area contributed by atoms with Gasteiger partial charge < -0.3 is 9.47 Å². The minimum absolute atomic E-state index is 0.137. The van der Waals surface area contributed by atoms with Crippen LogP contribution in [0.2, 0.25) is 0 Å². The van der Waals surface area contributed by atoms with Crippen molar-refractivity contribution in [3.8, 4) is 0 Å². The maximum atomic E-state index is 11.6. The summed E-state index contributed by atoms with van der Waals surface area (Å²) in [6, 6.07) is 0. The normalized spacial score (nSPS) is 16.8. The number of ether oxygens (including phenoxy) is 2. The Morgan fingerprint density at radius 3 is 2.94 bits per heavy atom. The number of nitrogens with one attached hydrogen (secondary N) is 1. The lowest BCUT2D eigenvalue weighted by atomic mass is 10.3. The molecule has 0 fully saturated rings. The summed E-state index contributed by atoms with van der Waals surface area (Å²) in [5.74, 6) is -1.07. The number of esters is 2. The Balaban J connectivity index is 2.46. The molecule has 1 aliphatic heterocycles. The maximum absolute atomic E-state index is 11.6. The number of fused-ring (bicyclic) bond motifs is 1. The highest BCUT2D eigenvalue weighted by atomic mass is 16.6. The number of aromatic nitrogens is 2. The Labute approximate surface area is 92.2 Å². The second-order valence-electron chi connectivity index (χ2n) is 3.92. The third-order valence-electron chi connectivity index (χ3n) is 2.41. The van der Waals surface area contributed by atoms with E-state index >= 15 is 0 Å². The Morgan fingerprint density at radius 2 is 2.31 bits per heavy atom. The van der Waals surface area contributed by atoms with Crippen LogP contribution in [0, 0.1) is 0 Å². The molecule has 1 aliphatic rings. The first-order valence-electron chi connectivity index (χ1n) is 5.01. The molecule has 0 amide bonds. The number of nitrogens with zero attached hydrogens (tertiary/aromatic N) is 1. The van der Waals surface area contributed by atoms with Crippen LogP contribution in [-0.2, 0) is 15.2 Å². The third-order valence-corrected chi connectivity index (χ3v) is 2.41. The Kier molecular flexibility index (Phi) is 2.22. The Bertz CT molecular complexity index is 461. The highest BCUT2D eigenvalue weighted by Gasteiger charge is 2.48. The van der Waals surface area contributed by atoms with Crippen molar-refractivity contribution in [1.82, 2.24) is 4.98 Å². The molecule has 1 aromatic rings. The second kappa shape index (κ2) is 3.33. The van der Waals surface area contributed by atoms with E-state index in [1.54, 1.807) is 25.3 Å². The molecule has 6 nitrogen and oxygen atoms in total. The number of imidazole rings is 1. The summed E-state index contributed by atoms with van der Waals surface area (Å²) < 4.78 is 11.5. The van der Waals surface area contributed by atoms with E-state index < -0.39 is 17.7 Å². The van der Waals surface area contributed by atoms with Crippen LogP contribution in [0.4, 0.5) is 0 Å². The molecular formula is C10H13N2O4+. The predicted molar refractivity (Wildman–Crippen MR) is 51.7 cm³/mol. The van der Waals surface area contributed by atoms with Crippen LogP contribution < -0.4 is 4.57 Å². The van der Waals surface area contributed by atoms with Gasteiger partial charge in [0.25, 0.3) is 17.1 Å². The minimum atomic E-state index is -0.770. The zero-order valence-corrected chi connectivity index (χ0v) is 9.36. The molecule has 0 saturated carbocycles. The highest BCUT2D eigenvalue weighted by Crippen LogP contribution is 2.22. The summed E-state index contributed by atoms with van der Waals surface area (Å²) in [6.45, 7) is 5.44. The highest BCUT2D eigenvalue weighted by molar-refractivity contribution is 5.99. The van der Waals surface area contributed by atoms with E-state index in [4.69, 9.17) is 9.47 Å². The Hall–Kier alpha value is -1.85. The van der Waals surface area contributed by atoms with Gasteiger partial charge in [-0.25, -0.2) is 14.6 Å². The van der Waals surface area contributed by atoms with Crippen molar-refractivity contribution >= 4 is 11.9 Å². The first-order valence-corrected chi connectivity index (χ1v) is 5.01. The molecule has 1 aromatic heterocycles. The maximum Gasteiger partial charge on any atom is 0.387 e. The average Bonchev–Trinajstić information content (AvgIpc) is 2.69. The van der Waals surface area contributed by atoms with Crippen LogP contribution in [0.5, 0.6) is 0 Å². The van der Waals surface area contributed by atoms with E-state index in [0.717, 1.165) is 0 Å².